The predicted molar refractivity (Wildman–Crippen MR) is 111 cm³/mol. The van der Waals surface area contributed by atoms with Crippen LogP contribution in [0.25, 0.3) is 0 Å². The van der Waals surface area contributed by atoms with Gasteiger partial charge >= 0.3 is 0 Å². The van der Waals surface area contributed by atoms with Crippen LogP contribution in [0.3, 0.4) is 0 Å². The van der Waals surface area contributed by atoms with E-state index < -0.39 is 0 Å². The summed E-state index contributed by atoms with van der Waals surface area (Å²) in [4.78, 5) is 22.9. The van der Waals surface area contributed by atoms with E-state index in [1.165, 1.54) is 30.9 Å². The molecule has 0 unspecified atom stereocenters. The molecule has 0 saturated carbocycles. The topological polar surface area (TPSA) is 70.2 Å². The van der Waals surface area contributed by atoms with Gasteiger partial charge in [-0.15, -0.1) is 0 Å². The van der Waals surface area contributed by atoms with Gasteiger partial charge in [0, 0.05) is 42.6 Å². The van der Waals surface area contributed by atoms with Gasteiger partial charge in [-0.25, -0.2) is 14.4 Å². The zero-order valence-corrected chi connectivity index (χ0v) is 15.9. The number of carbonyl (C=O) groups is 1. The first-order valence-corrected chi connectivity index (χ1v) is 9.65. The Balaban J connectivity index is 1.39. The second kappa shape index (κ2) is 8.68. The summed E-state index contributed by atoms with van der Waals surface area (Å²) in [7, 11) is 0. The summed E-state index contributed by atoms with van der Waals surface area (Å²) >= 11 is 0. The molecule has 2 aromatic carbocycles. The minimum absolute atomic E-state index is 0.0935. The Morgan fingerprint density at radius 2 is 1.79 bits per heavy atom. The van der Waals surface area contributed by atoms with Gasteiger partial charge in [0.1, 0.15) is 23.7 Å². The quantitative estimate of drug-likeness (QED) is 0.667. The average molecular weight is 391 g/mol. The van der Waals surface area contributed by atoms with Crippen molar-refractivity contribution in [2.24, 2.45) is 0 Å². The van der Waals surface area contributed by atoms with E-state index in [9.17, 15) is 9.18 Å². The minimum Gasteiger partial charge on any atom is -0.372 e. The van der Waals surface area contributed by atoms with Gasteiger partial charge in [0.25, 0.3) is 5.91 Å². The highest BCUT2D eigenvalue weighted by Crippen LogP contribution is 2.23. The fourth-order valence-electron chi connectivity index (χ4n) is 3.34. The molecule has 2 N–H and O–H groups in total. The van der Waals surface area contributed by atoms with Crippen LogP contribution in [0, 0.1) is 5.82 Å². The molecule has 4 rings (SSSR count). The number of halogens is 1. The monoisotopic (exact) mass is 391 g/mol. The smallest absolute Gasteiger partial charge is 0.270 e. The van der Waals surface area contributed by atoms with Crippen molar-refractivity contribution in [3.05, 3.63) is 78.0 Å². The normalized spacial score (nSPS) is 13.3. The Hall–Kier alpha value is -3.48. The van der Waals surface area contributed by atoms with Crippen LogP contribution in [0.15, 0.2) is 60.9 Å². The van der Waals surface area contributed by atoms with E-state index in [-0.39, 0.29) is 24.0 Å². The predicted octanol–water partition coefficient (Wildman–Crippen LogP) is 3.89. The number of rotatable bonds is 6. The molecule has 0 aliphatic carbocycles. The van der Waals surface area contributed by atoms with Crippen molar-refractivity contribution in [3.63, 3.8) is 0 Å². The van der Waals surface area contributed by atoms with Crippen LogP contribution in [0.1, 0.15) is 28.9 Å². The number of nitrogens with zero attached hydrogens (tertiary/aromatic N) is 3. The van der Waals surface area contributed by atoms with Crippen molar-refractivity contribution >= 4 is 23.1 Å². The maximum atomic E-state index is 13.7. The van der Waals surface area contributed by atoms with Crippen molar-refractivity contribution in [2.75, 3.05) is 23.3 Å². The SMILES string of the molecule is O=C(NCc1ccccc1F)c1cc(Nc2ccc(N3CCCC3)cc2)ncn1. The van der Waals surface area contributed by atoms with E-state index in [2.05, 4.69) is 37.6 Å². The molecule has 0 atom stereocenters. The van der Waals surface area contributed by atoms with Gasteiger partial charge in [-0.3, -0.25) is 4.79 Å². The number of amides is 1. The number of hydrogen-bond donors (Lipinski definition) is 2. The summed E-state index contributed by atoms with van der Waals surface area (Å²) in [5.74, 6) is -0.219. The van der Waals surface area contributed by atoms with E-state index >= 15 is 0 Å². The largest absolute Gasteiger partial charge is 0.372 e. The molecular formula is C22H22FN5O. The number of anilines is 3. The van der Waals surface area contributed by atoms with E-state index in [0.29, 0.717) is 11.4 Å². The molecule has 0 spiro atoms. The second-order valence-electron chi connectivity index (χ2n) is 6.93. The van der Waals surface area contributed by atoms with Gasteiger partial charge < -0.3 is 15.5 Å². The van der Waals surface area contributed by atoms with Gasteiger partial charge in [-0.05, 0) is 43.2 Å². The van der Waals surface area contributed by atoms with Crippen molar-refractivity contribution in [2.45, 2.75) is 19.4 Å². The summed E-state index contributed by atoms with van der Waals surface area (Å²) in [6, 6.07) is 16.1. The van der Waals surface area contributed by atoms with E-state index in [1.54, 1.807) is 24.3 Å². The molecule has 3 aromatic rings. The van der Waals surface area contributed by atoms with Crippen molar-refractivity contribution in [3.8, 4) is 0 Å². The molecule has 1 aliphatic heterocycles. The van der Waals surface area contributed by atoms with Crippen LogP contribution in [-0.4, -0.2) is 29.0 Å². The lowest BCUT2D eigenvalue weighted by Crippen LogP contribution is -2.24. The second-order valence-corrected chi connectivity index (χ2v) is 6.93. The number of nitrogens with one attached hydrogen (secondary N) is 2. The molecule has 7 heteroatoms. The van der Waals surface area contributed by atoms with Gasteiger partial charge in [0.15, 0.2) is 0 Å². The van der Waals surface area contributed by atoms with E-state index in [1.807, 2.05) is 12.1 Å². The molecule has 0 radical (unpaired) electrons. The third kappa shape index (κ3) is 4.68. The van der Waals surface area contributed by atoms with Crippen molar-refractivity contribution in [1.82, 2.24) is 15.3 Å². The molecule has 1 amide bonds. The Morgan fingerprint density at radius 3 is 2.55 bits per heavy atom. The molecule has 1 aromatic heterocycles. The van der Waals surface area contributed by atoms with Crippen molar-refractivity contribution in [1.29, 1.82) is 0 Å². The zero-order valence-electron chi connectivity index (χ0n) is 15.9. The highest BCUT2D eigenvalue weighted by Gasteiger charge is 2.13. The van der Waals surface area contributed by atoms with Crippen LogP contribution in [0.2, 0.25) is 0 Å². The minimum atomic E-state index is -0.386. The third-order valence-corrected chi connectivity index (χ3v) is 4.91. The van der Waals surface area contributed by atoms with Crippen LogP contribution in [0.5, 0.6) is 0 Å². The van der Waals surface area contributed by atoms with Crippen LogP contribution in [-0.2, 0) is 6.54 Å². The maximum Gasteiger partial charge on any atom is 0.270 e. The highest BCUT2D eigenvalue weighted by molar-refractivity contribution is 5.92. The standard InChI is InChI=1S/C22H22FN5O/c23-19-6-2-1-5-16(19)14-24-22(29)20-13-21(26-15-25-20)27-17-7-9-18(10-8-17)28-11-3-4-12-28/h1-2,5-10,13,15H,3-4,11-12,14H2,(H,24,29)(H,25,26,27). The summed E-state index contributed by atoms with van der Waals surface area (Å²) in [5.41, 5.74) is 2.73. The molecule has 1 aliphatic rings. The fourth-order valence-corrected chi connectivity index (χ4v) is 3.34. The van der Waals surface area contributed by atoms with Gasteiger partial charge in [-0.1, -0.05) is 18.2 Å². The number of carbonyl (C=O) groups excluding carboxylic acids is 1. The molecule has 29 heavy (non-hydrogen) atoms. The first-order valence-electron chi connectivity index (χ1n) is 9.65. The molecule has 1 saturated heterocycles. The Kier molecular flexibility index (Phi) is 5.65. The lowest BCUT2D eigenvalue weighted by molar-refractivity contribution is 0.0945. The number of benzene rings is 2. The molecule has 148 valence electrons. The van der Waals surface area contributed by atoms with Gasteiger partial charge in [-0.2, -0.15) is 0 Å². The van der Waals surface area contributed by atoms with Crippen LogP contribution < -0.4 is 15.5 Å². The lowest BCUT2D eigenvalue weighted by atomic mass is 10.2. The summed E-state index contributed by atoms with van der Waals surface area (Å²) < 4.78 is 13.7. The molecule has 6 nitrogen and oxygen atoms in total. The van der Waals surface area contributed by atoms with Crippen LogP contribution in [0.4, 0.5) is 21.6 Å². The third-order valence-electron chi connectivity index (χ3n) is 4.91. The summed E-state index contributed by atoms with van der Waals surface area (Å²) in [6.07, 6.45) is 3.81. The fraction of sp³-hybridized carbons (Fsp3) is 0.227. The maximum absolute atomic E-state index is 13.7. The average Bonchev–Trinajstić information content (AvgIpc) is 3.29. The molecule has 2 heterocycles. The number of aromatic nitrogens is 2. The van der Waals surface area contributed by atoms with E-state index in [4.69, 9.17) is 0 Å². The molecular weight excluding hydrogens is 369 g/mol. The van der Waals surface area contributed by atoms with Crippen LogP contribution >= 0.6 is 0 Å². The Labute approximate surface area is 168 Å². The Morgan fingerprint density at radius 1 is 1.03 bits per heavy atom. The first kappa shape index (κ1) is 18.9. The van der Waals surface area contributed by atoms with Gasteiger partial charge in [0.2, 0.25) is 0 Å². The zero-order chi connectivity index (χ0) is 20.1. The first-order chi connectivity index (χ1) is 14.2. The highest BCUT2D eigenvalue weighted by atomic mass is 19.1. The van der Waals surface area contributed by atoms with E-state index in [0.717, 1.165) is 18.8 Å². The van der Waals surface area contributed by atoms with Crippen molar-refractivity contribution < 1.29 is 9.18 Å². The number of hydrogen-bond acceptors (Lipinski definition) is 5. The molecule has 1 fully saturated rings. The Bertz CT molecular complexity index is 987. The lowest BCUT2D eigenvalue weighted by Gasteiger charge is -2.17. The van der Waals surface area contributed by atoms with Gasteiger partial charge in [0.05, 0.1) is 0 Å². The summed E-state index contributed by atoms with van der Waals surface area (Å²) in [6.45, 7) is 2.30. The summed E-state index contributed by atoms with van der Waals surface area (Å²) in [5, 5.41) is 5.87. The molecule has 0 bridgehead atoms.